The highest BCUT2D eigenvalue weighted by molar-refractivity contribution is 9.10. The molecule has 0 spiro atoms. The van der Waals surface area contributed by atoms with E-state index in [1.54, 1.807) is 11.3 Å². The topological polar surface area (TPSA) is 30.9 Å². The van der Waals surface area contributed by atoms with E-state index in [0.717, 1.165) is 17.4 Å². The summed E-state index contributed by atoms with van der Waals surface area (Å²) in [6, 6.07) is 11.2. The monoisotopic (exact) mass is 348 g/mol. The fourth-order valence-electron chi connectivity index (χ4n) is 2.49. The number of nitrogens with zero attached hydrogens (tertiary/aromatic N) is 1. The third kappa shape index (κ3) is 2.97. The molecule has 1 aromatic carbocycles. The maximum Gasteiger partial charge on any atom is 0.0569 e. The molecule has 104 valence electrons. The summed E-state index contributed by atoms with van der Waals surface area (Å²) in [6.07, 6.45) is 3.09. The number of thiophene rings is 1. The molecule has 1 unspecified atom stereocenters. The molecule has 3 aromatic rings. The number of aromatic nitrogens is 1. The van der Waals surface area contributed by atoms with Crippen LogP contribution in [0.2, 0.25) is 0 Å². The van der Waals surface area contributed by atoms with Crippen LogP contribution in [0.1, 0.15) is 17.4 Å². The Morgan fingerprint density at radius 1 is 1.30 bits per heavy atom. The van der Waals surface area contributed by atoms with Crippen molar-refractivity contribution in [3.05, 3.63) is 56.8 Å². The lowest BCUT2D eigenvalue weighted by molar-refractivity contribution is 0.738. The zero-order valence-corrected chi connectivity index (χ0v) is 13.7. The van der Waals surface area contributed by atoms with E-state index in [2.05, 4.69) is 62.4 Å². The van der Waals surface area contributed by atoms with Crippen LogP contribution in [-0.2, 0) is 13.0 Å². The number of halogens is 1. The number of rotatable bonds is 4. The molecule has 4 heteroatoms. The van der Waals surface area contributed by atoms with E-state index in [1.165, 1.54) is 21.3 Å². The molecule has 2 nitrogen and oxygen atoms in total. The van der Waals surface area contributed by atoms with Gasteiger partial charge in [0.1, 0.15) is 0 Å². The van der Waals surface area contributed by atoms with Crippen molar-refractivity contribution in [1.82, 2.24) is 4.57 Å². The maximum absolute atomic E-state index is 5.87. The number of hydrogen-bond donors (Lipinski definition) is 1. The average Bonchev–Trinajstić information content (AvgIpc) is 2.96. The molecule has 3 rings (SSSR count). The Morgan fingerprint density at radius 3 is 2.85 bits per heavy atom. The van der Waals surface area contributed by atoms with E-state index >= 15 is 0 Å². The van der Waals surface area contributed by atoms with Crippen LogP contribution < -0.4 is 5.73 Å². The highest BCUT2D eigenvalue weighted by Gasteiger charge is 2.05. The summed E-state index contributed by atoms with van der Waals surface area (Å²) in [5, 5.41) is 3.42. The zero-order valence-electron chi connectivity index (χ0n) is 11.3. The molecule has 0 saturated carbocycles. The molecule has 0 saturated heterocycles. The lowest BCUT2D eigenvalue weighted by Crippen LogP contribution is -2.17. The predicted molar refractivity (Wildman–Crippen MR) is 90.4 cm³/mol. The van der Waals surface area contributed by atoms with Crippen molar-refractivity contribution in [2.45, 2.75) is 25.9 Å². The van der Waals surface area contributed by atoms with E-state index in [-0.39, 0.29) is 6.04 Å². The van der Waals surface area contributed by atoms with E-state index in [4.69, 9.17) is 5.73 Å². The van der Waals surface area contributed by atoms with Crippen LogP contribution in [0.4, 0.5) is 0 Å². The zero-order chi connectivity index (χ0) is 14.1. The van der Waals surface area contributed by atoms with E-state index in [9.17, 15) is 0 Å². The fourth-order valence-corrected chi connectivity index (χ4v) is 3.94. The highest BCUT2D eigenvalue weighted by atomic mass is 79.9. The van der Waals surface area contributed by atoms with Gasteiger partial charge in [0.05, 0.1) is 6.54 Å². The summed E-state index contributed by atoms with van der Waals surface area (Å²) in [6.45, 7) is 2.97. The molecule has 0 fully saturated rings. The van der Waals surface area contributed by atoms with Crippen molar-refractivity contribution in [2.75, 3.05) is 0 Å². The van der Waals surface area contributed by atoms with Gasteiger partial charge in [0, 0.05) is 32.5 Å². The van der Waals surface area contributed by atoms with Crippen molar-refractivity contribution in [1.29, 1.82) is 0 Å². The van der Waals surface area contributed by atoms with Crippen LogP contribution in [0.5, 0.6) is 0 Å². The molecule has 2 N–H and O–H groups in total. The largest absolute Gasteiger partial charge is 0.342 e. The predicted octanol–water partition coefficient (Wildman–Crippen LogP) is 4.40. The quantitative estimate of drug-likeness (QED) is 0.743. The summed E-state index contributed by atoms with van der Waals surface area (Å²) < 4.78 is 3.46. The van der Waals surface area contributed by atoms with Gasteiger partial charge in [-0.3, -0.25) is 0 Å². The van der Waals surface area contributed by atoms with Crippen LogP contribution in [0, 0.1) is 0 Å². The molecule has 2 aromatic heterocycles. The summed E-state index contributed by atoms with van der Waals surface area (Å²) in [7, 11) is 0. The van der Waals surface area contributed by atoms with Crippen LogP contribution in [0.25, 0.3) is 10.9 Å². The normalized spacial score (nSPS) is 12.9. The minimum atomic E-state index is 0.206. The third-order valence-corrected chi connectivity index (χ3v) is 5.02. The molecular weight excluding hydrogens is 332 g/mol. The van der Waals surface area contributed by atoms with Gasteiger partial charge in [-0.2, -0.15) is 0 Å². The van der Waals surface area contributed by atoms with E-state index < -0.39 is 0 Å². The Labute approximate surface area is 131 Å². The standard InChI is InChI=1S/C16H17BrN2S/c1-11(18)6-12-2-3-16-13(7-12)4-5-19(16)9-15-8-14(17)10-20-15/h2-5,7-8,10-11H,6,9,18H2,1H3. The second-order valence-corrected chi connectivity index (χ2v) is 7.16. The van der Waals surface area contributed by atoms with Gasteiger partial charge >= 0.3 is 0 Å². The van der Waals surface area contributed by atoms with E-state index in [0.29, 0.717) is 0 Å². The first-order valence-corrected chi connectivity index (χ1v) is 8.35. The first-order valence-electron chi connectivity index (χ1n) is 6.68. The van der Waals surface area contributed by atoms with Gasteiger partial charge in [0.25, 0.3) is 0 Å². The first-order chi connectivity index (χ1) is 9.61. The Balaban J connectivity index is 1.89. The van der Waals surface area contributed by atoms with Gasteiger partial charge in [-0.15, -0.1) is 11.3 Å². The Morgan fingerprint density at radius 2 is 2.15 bits per heavy atom. The number of fused-ring (bicyclic) bond motifs is 1. The van der Waals surface area contributed by atoms with Crippen molar-refractivity contribution < 1.29 is 0 Å². The molecule has 0 aliphatic rings. The summed E-state index contributed by atoms with van der Waals surface area (Å²) in [5.41, 5.74) is 8.46. The second kappa shape index (κ2) is 5.72. The Hall–Kier alpha value is -1.10. The number of benzene rings is 1. The smallest absolute Gasteiger partial charge is 0.0569 e. The van der Waals surface area contributed by atoms with Crippen molar-refractivity contribution in [2.24, 2.45) is 5.73 Å². The molecule has 0 bridgehead atoms. The maximum atomic E-state index is 5.87. The molecule has 0 aliphatic heterocycles. The molecule has 20 heavy (non-hydrogen) atoms. The lowest BCUT2D eigenvalue weighted by Gasteiger charge is -2.07. The van der Waals surface area contributed by atoms with Gasteiger partial charge in [-0.05, 0) is 64.5 Å². The van der Waals surface area contributed by atoms with E-state index in [1.807, 2.05) is 6.92 Å². The SMILES string of the molecule is CC(N)Cc1ccc2c(ccn2Cc2cc(Br)cs2)c1. The molecule has 2 heterocycles. The Bertz CT molecular complexity index is 727. The molecule has 0 aliphatic carbocycles. The van der Waals surface area contributed by atoms with Crippen molar-refractivity contribution in [3.8, 4) is 0 Å². The number of hydrogen-bond acceptors (Lipinski definition) is 2. The van der Waals surface area contributed by atoms with Gasteiger partial charge in [-0.1, -0.05) is 6.07 Å². The lowest BCUT2D eigenvalue weighted by atomic mass is 10.1. The molecule has 1 atom stereocenters. The van der Waals surface area contributed by atoms with Crippen LogP contribution >= 0.6 is 27.3 Å². The van der Waals surface area contributed by atoms with Gasteiger partial charge in [0.2, 0.25) is 0 Å². The minimum Gasteiger partial charge on any atom is -0.342 e. The average molecular weight is 349 g/mol. The number of nitrogens with two attached hydrogens (primary N) is 1. The van der Waals surface area contributed by atoms with Crippen LogP contribution in [-0.4, -0.2) is 10.6 Å². The molecule has 0 amide bonds. The summed E-state index contributed by atoms with van der Waals surface area (Å²) in [4.78, 5) is 1.36. The van der Waals surface area contributed by atoms with Crippen LogP contribution in [0.15, 0.2) is 46.4 Å². The fraction of sp³-hybridized carbons (Fsp3) is 0.250. The van der Waals surface area contributed by atoms with Gasteiger partial charge < -0.3 is 10.3 Å². The first kappa shape index (κ1) is 13.9. The second-order valence-electron chi connectivity index (χ2n) is 5.25. The van der Waals surface area contributed by atoms with Crippen molar-refractivity contribution in [3.63, 3.8) is 0 Å². The Kier molecular flexibility index (Phi) is 3.96. The van der Waals surface area contributed by atoms with Crippen LogP contribution in [0.3, 0.4) is 0 Å². The minimum absolute atomic E-state index is 0.206. The molecular formula is C16H17BrN2S. The van der Waals surface area contributed by atoms with Crippen molar-refractivity contribution >= 4 is 38.2 Å². The molecule has 0 radical (unpaired) electrons. The van der Waals surface area contributed by atoms with Gasteiger partial charge in [0.15, 0.2) is 0 Å². The summed E-state index contributed by atoms with van der Waals surface area (Å²) >= 11 is 5.29. The highest BCUT2D eigenvalue weighted by Crippen LogP contribution is 2.24. The van der Waals surface area contributed by atoms with Gasteiger partial charge in [-0.25, -0.2) is 0 Å². The third-order valence-electron chi connectivity index (χ3n) is 3.34. The summed E-state index contributed by atoms with van der Waals surface area (Å²) in [5.74, 6) is 0.